The van der Waals surface area contributed by atoms with Gasteiger partial charge in [-0.2, -0.15) is 0 Å². The maximum atomic E-state index is 5.94. The van der Waals surface area contributed by atoms with Gasteiger partial charge in [-0.15, -0.1) is 0 Å². The fourth-order valence-corrected chi connectivity index (χ4v) is 2.22. The molecule has 2 nitrogen and oxygen atoms in total. The molecule has 1 heterocycles. The second-order valence-electron chi connectivity index (χ2n) is 4.26. The first kappa shape index (κ1) is 13.5. The molecule has 0 aliphatic carbocycles. The highest BCUT2D eigenvalue weighted by atomic mass is 79.9. The third-order valence-electron chi connectivity index (χ3n) is 2.58. The highest BCUT2D eigenvalue weighted by Crippen LogP contribution is 2.13. The summed E-state index contributed by atoms with van der Waals surface area (Å²) in [5.41, 5.74) is 2.27. The van der Waals surface area contributed by atoms with Crippen molar-refractivity contribution < 1.29 is 0 Å². The van der Waals surface area contributed by atoms with Gasteiger partial charge in [0.15, 0.2) is 0 Å². The number of benzene rings is 1. The van der Waals surface area contributed by atoms with Gasteiger partial charge in [-0.3, -0.25) is 9.88 Å². The maximum absolute atomic E-state index is 5.94. The van der Waals surface area contributed by atoms with Crippen LogP contribution in [-0.2, 0) is 13.1 Å². The normalized spacial score (nSPS) is 10.9. The van der Waals surface area contributed by atoms with E-state index < -0.39 is 0 Å². The standard InChI is InChI=1S/C14H14BrClN2/c1-18(9-11-2-4-12(15)5-3-11)10-14-8-13(16)6-7-17-14/h2-8H,9-10H2,1H3. The summed E-state index contributed by atoms with van der Waals surface area (Å²) in [7, 11) is 2.07. The van der Waals surface area contributed by atoms with E-state index in [1.54, 1.807) is 12.3 Å². The lowest BCUT2D eigenvalue weighted by Crippen LogP contribution is -2.17. The monoisotopic (exact) mass is 324 g/mol. The van der Waals surface area contributed by atoms with Gasteiger partial charge in [0.25, 0.3) is 0 Å². The number of hydrogen-bond acceptors (Lipinski definition) is 2. The number of hydrogen-bond donors (Lipinski definition) is 0. The predicted octanol–water partition coefficient (Wildman–Crippen LogP) is 4.13. The van der Waals surface area contributed by atoms with E-state index in [-0.39, 0.29) is 0 Å². The summed E-state index contributed by atoms with van der Waals surface area (Å²) in [5.74, 6) is 0. The number of halogens is 2. The lowest BCUT2D eigenvalue weighted by molar-refractivity contribution is 0.315. The molecule has 1 aromatic heterocycles. The van der Waals surface area contributed by atoms with Crippen molar-refractivity contribution >= 4 is 27.5 Å². The first-order valence-corrected chi connectivity index (χ1v) is 6.84. The van der Waals surface area contributed by atoms with E-state index in [1.807, 2.05) is 6.07 Å². The quantitative estimate of drug-likeness (QED) is 0.840. The van der Waals surface area contributed by atoms with E-state index in [1.165, 1.54) is 5.56 Å². The van der Waals surface area contributed by atoms with Crippen LogP contribution in [-0.4, -0.2) is 16.9 Å². The Labute approximate surface area is 121 Å². The third-order valence-corrected chi connectivity index (χ3v) is 3.34. The van der Waals surface area contributed by atoms with E-state index >= 15 is 0 Å². The highest BCUT2D eigenvalue weighted by molar-refractivity contribution is 9.10. The van der Waals surface area contributed by atoms with Crippen LogP contribution < -0.4 is 0 Å². The molecule has 0 saturated carbocycles. The smallest absolute Gasteiger partial charge is 0.0558 e. The number of pyridine rings is 1. The summed E-state index contributed by atoms with van der Waals surface area (Å²) in [4.78, 5) is 6.51. The molecule has 0 atom stereocenters. The molecule has 0 bridgehead atoms. The minimum Gasteiger partial charge on any atom is -0.296 e. The minimum atomic E-state index is 0.733. The largest absolute Gasteiger partial charge is 0.296 e. The maximum Gasteiger partial charge on any atom is 0.0558 e. The Morgan fingerprint density at radius 2 is 1.89 bits per heavy atom. The topological polar surface area (TPSA) is 16.1 Å². The number of aromatic nitrogens is 1. The molecule has 0 fully saturated rings. The molecule has 0 N–H and O–H groups in total. The zero-order valence-electron chi connectivity index (χ0n) is 10.1. The molecule has 18 heavy (non-hydrogen) atoms. The molecule has 0 unspecified atom stereocenters. The van der Waals surface area contributed by atoms with E-state index in [0.717, 1.165) is 28.3 Å². The lowest BCUT2D eigenvalue weighted by atomic mass is 10.2. The SMILES string of the molecule is CN(Cc1ccc(Br)cc1)Cc1cc(Cl)ccn1. The average Bonchev–Trinajstić information content (AvgIpc) is 2.32. The summed E-state index contributed by atoms with van der Waals surface area (Å²) in [6.07, 6.45) is 1.74. The van der Waals surface area contributed by atoms with Crippen molar-refractivity contribution in [1.29, 1.82) is 0 Å². The number of rotatable bonds is 4. The Balaban J connectivity index is 1.96. The highest BCUT2D eigenvalue weighted by Gasteiger charge is 2.03. The van der Waals surface area contributed by atoms with Crippen molar-refractivity contribution in [2.45, 2.75) is 13.1 Å². The van der Waals surface area contributed by atoms with E-state index in [4.69, 9.17) is 11.6 Å². The van der Waals surface area contributed by atoms with Crippen LogP contribution in [0.1, 0.15) is 11.3 Å². The Bertz CT molecular complexity index is 513. The molecule has 94 valence electrons. The van der Waals surface area contributed by atoms with Gasteiger partial charge in [0.2, 0.25) is 0 Å². The Morgan fingerprint density at radius 1 is 1.17 bits per heavy atom. The molecule has 2 rings (SSSR count). The van der Waals surface area contributed by atoms with Gasteiger partial charge in [-0.05, 0) is 36.9 Å². The second kappa shape index (κ2) is 6.32. The van der Waals surface area contributed by atoms with Crippen molar-refractivity contribution in [3.05, 3.63) is 63.3 Å². The molecule has 2 aromatic rings. The molecular formula is C14H14BrClN2. The van der Waals surface area contributed by atoms with E-state index in [2.05, 4.69) is 57.1 Å². The minimum absolute atomic E-state index is 0.733. The molecule has 0 radical (unpaired) electrons. The van der Waals surface area contributed by atoms with Gasteiger partial charge in [0, 0.05) is 28.8 Å². The first-order valence-electron chi connectivity index (χ1n) is 5.67. The zero-order valence-corrected chi connectivity index (χ0v) is 12.4. The summed E-state index contributed by atoms with van der Waals surface area (Å²) in [6, 6.07) is 12.0. The van der Waals surface area contributed by atoms with Gasteiger partial charge in [-0.25, -0.2) is 0 Å². The van der Waals surface area contributed by atoms with Crippen molar-refractivity contribution in [3.8, 4) is 0 Å². The van der Waals surface area contributed by atoms with E-state index in [9.17, 15) is 0 Å². The summed E-state index contributed by atoms with van der Waals surface area (Å²) >= 11 is 9.38. The fourth-order valence-electron chi connectivity index (χ4n) is 1.77. The molecular weight excluding hydrogens is 312 g/mol. The molecule has 0 aliphatic rings. The molecule has 0 amide bonds. The predicted molar refractivity (Wildman–Crippen MR) is 78.6 cm³/mol. The van der Waals surface area contributed by atoms with Gasteiger partial charge in [-0.1, -0.05) is 39.7 Å². The lowest BCUT2D eigenvalue weighted by Gasteiger charge is -2.16. The summed E-state index contributed by atoms with van der Waals surface area (Å²) in [5, 5.41) is 0.733. The summed E-state index contributed by atoms with van der Waals surface area (Å²) in [6.45, 7) is 1.68. The Hall–Kier alpha value is -0.900. The third kappa shape index (κ3) is 4.09. The Kier molecular flexibility index (Phi) is 4.75. The van der Waals surface area contributed by atoms with Crippen molar-refractivity contribution in [3.63, 3.8) is 0 Å². The van der Waals surface area contributed by atoms with Crippen molar-refractivity contribution in [1.82, 2.24) is 9.88 Å². The van der Waals surface area contributed by atoms with Crippen LogP contribution in [0.2, 0.25) is 5.02 Å². The first-order chi connectivity index (χ1) is 8.63. The zero-order chi connectivity index (χ0) is 13.0. The van der Waals surface area contributed by atoms with Crippen LogP contribution in [0.25, 0.3) is 0 Å². The fraction of sp³-hybridized carbons (Fsp3) is 0.214. The van der Waals surface area contributed by atoms with Gasteiger partial charge >= 0.3 is 0 Å². The Morgan fingerprint density at radius 3 is 2.56 bits per heavy atom. The van der Waals surface area contributed by atoms with Crippen LogP contribution in [0.15, 0.2) is 47.1 Å². The average molecular weight is 326 g/mol. The van der Waals surface area contributed by atoms with Crippen molar-refractivity contribution in [2.75, 3.05) is 7.05 Å². The molecule has 0 saturated heterocycles. The van der Waals surface area contributed by atoms with Crippen LogP contribution in [0.4, 0.5) is 0 Å². The molecule has 0 aliphatic heterocycles. The second-order valence-corrected chi connectivity index (χ2v) is 5.62. The summed E-state index contributed by atoms with van der Waals surface area (Å²) < 4.78 is 1.10. The molecule has 1 aromatic carbocycles. The van der Waals surface area contributed by atoms with Crippen LogP contribution in [0, 0.1) is 0 Å². The molecule has 4 heteroatoms. The van der Waals surface area contributed by atoms with Crippen LogP contribution >= 0.6 is 27.5 Å². The molecule has 0 spiro atoms. The van der Waals surface area contributed by atoms with Crippen molar-refractivity contribution in [2.24, 2.45) is 0 Å². The number of nitrogens with zero attached hydrogens (tertiary/aromatic N) is 2. The van der Waals surface area contributed by atoms with Gasteiger partial charge in [0.05, 0.1) is 5.69 Å². The van der Waals surface area contributed by atoms with Crippen LogP contribution in [0.5, 0.6) is 0 Å². The van der Waals surface area contributed by atoms with Gasteiger partial charge in [0.1, 0.15) is 0 Å². The van der Waals surface area contributed by atoms with Crippen LogP contribution in [0.3, 0.4) is 0 Å². The van der Waals surface area contributed by atoms with Gasteiger partial charge < -0.3 is 0 Å². The van der Waals surface area contributed by atoms with E-state index in [0.29, 0.717) is 0 Å².